The summed E-state index contributed by atoms with van der Waals surface area (Å²) < 4.78 is 0. The van der Waals surface area contributed by atoms with Gasteiger partial charge < -0.3 is 5.73 Å². The van der Waals surface area contributed by atoms with Gasteiger partial charge in [0, 0.05) is 6.04 Å². The fraction of sp³-hybridized carbons (Fsp3) is 0.538. The van der Waals surface area contributed by atoms with Gasteiger partial charge in [-0.3, -0.25) is 0 Å². The maximum atomic E-state index is 6.24. The van der Waals surface area contributed by atoms with Crippen LogP contribution in [0.25, 0.3) is 0 Å². The van der Waals surface area contributed by atoms with Crippen LogP contribution in [0, 0.1) is 5.92 Å². The molecule has 0 aliphatic heterocycles. The lowest BCUT2D eigenvalue weighted by atomic mass is 9.88. The molecule has 1 aromatic carbocycles. The standard InChI is InChI=1S/C13H21N/c1-3-8-11(4-2)13(14)12-9-6-5-7-10-12/h5-7,9-11,13H,3-4,8,14H2,1-2H3/t11?,13-/m0/s1. The fourth-order valence-corrected chi connectivity index (χ4v) is 1.96. The van der Waals surface area contributed by atoms with Gasteiger partial charge in [0.1, 0.15) is 0 Å². The Morgan fingerprint density at radius 2 is 1.79 bits per heavy atom. The first-order chi connectivity index (χ1) is 6.79. The van der Waals surface area contributed by atoms with Crippen LogP contribution < -0.4 is 5.73 Å². The Morgan fingerprint density at radius 3 is 2.29 bits per heavy atom. The van der Waals surface area contributed by atoms with Crippen molar-refractivity contribution in [3.05, 3.63) is 35.9 Å². The molecular weight excluding hydrogens is 170 g/mol. The van der Waals surface area contributed by atoms with E-state index in [1.165, 1.54) is 24.8 Å². The molecule has 78 valence electrons. The van der Waals surface area contributed by atoms with Crippen molar-refractivity contribution in [2.45, 2.75) is 39.2 Å². The van der Waals surface area contributed by atoms with E-state index in [0.29, 0.717) is 5.92 Å². The number of nitrogens with two attached hydrogens (primary N) is 1. The minimum Gasteiger partial charge on any atom is -0.324 e. The SMILES string of the molecule is CCCC(CC)[C@H](N)c1ccccc1. The van der Waals surface area contributed by atoms with Crippen LogP contribution in [0.3, 0.4) is 0 Å². The normalized spacial score (nSPS) is 15.1. The second kappa shape index (κ2) is 5.82. The number of rotatable bonds is 5. The highest BCUT2D eigenvalue weighted by Crippen LogP contribution is 2.25. The molecule has 0 aliphatic carbocycles. The summed E-state index contributed by atoms with van der Waals surface area (Å²) in [6.07, 6.45) is 3.62. The first-order valence-electron chi connectivity index (χ1n) is 5.60. The van der Waals surface area contributed by atoms with Gasteiger partial charge in [0.15, 0.2) is 0 Å². The second-order valence-corrected chi connectivity index (χ2v) is 3.89. The molecular formula is C13H21N. The van der Waals surface area contributed by atoms with Crippen molar-refractivity contribution in [1.82, 2.24) is 0 Å². The Hall–Kier alpha value is -0.820. The summed E-state index contributed by atoms with van der Waals surface area (Å²) in [5.41, 5.74) is 7.51. The van der Waals surface area contributed by atoms with Crippen LogP contribution in [0.15, 0.2) is 30.3 Å². The molecule has 1 nitrogen and oxygen atoms in total. The zero-order valence-electron chi connectivity index (χ0n) is 9.24. The van der Waals surface area contributed by atoms with E-state index >= 15 is 0 Å². The Labute approximate surface area is 87.3 Å². The van der Waals surface area contributed by atoms with Crippen molar-refractivity contribution in [2.24, 2.45) is 11.7 Å². The maximum absolute atomic E-state index is 6.24. The third kappa shape index (κ3) is 2.85. The highest BCUT2D eigenvalue weighted by Gasteiger charge is 2.16. The van der Waals surface area contributed by atoms with E-state index < -0.39 is 0 Å². The Morgan fingerprint density at radius 1 is 1.14 bits per heavy atom. The molecule has 0 aliphatic rings. The highest BCUT2D eigenvalue weighted by atomic mass is 14.6. The van der Waals surface area contributed by atoms with Gasteiger partial charge in [-0.05, 0) is 17.9 Å². The molecule has 1 heteroatoms. The number of benzene rings is 1. The predicted octanol–water partition coefficient (Wildman–Crippen LogP) is 3.51. The zero-order chi connectivity index (χ0) is 10.4. The summed E-state index contributed by atoms with van der Waals surface area (Å²) in [6.45, 7) is 4.45. The van der Waals surface area contributed by atoms with Crippen LogP contribution >= 0.6 is 0 Å². The summed E-state index contributed by atoms with van der Waals surface area (Å²) in [5, 5.41) is 0. The van der Waals surface area contributed by atoms with Gasteiger partial charge in [0.05, 0.1) is 0 Å². The minimum absolute atomic E-state index is 0.209. The van der Waals surface area contributed by atoms with Gasteiger partial charge in [0.25, 0.3) is 0 Å². The van der Waals surface area contributed by atoms with Gasteiger partial charge in [-0.1, -0.05) is 57.0 Å². The number of hydrogen-bond donors (Lipinski definition) is 1. The lowest BCUT2D eigenvalue weighted by Gasteiger charge is -2.22. The molecule has 2 atom stereocenters. The van der Waals surface area contributed by atoms with Gasteiger partial charge in [-0.2, -0.15) is 0 Å². The van der Waals surface area contributed by atoms with Gasteiger partial charge in [0.2, 0.25) is 0 Å². The summed E-state index contributed by atoms with van der Waals surface area (Å²) in [6, 6.07) is 10.6. The van der Waals surface area contributed by atoms with Gasteiger partial charge in [-0.15, -0.1) is 0 Å². The first-order valence-corrected chi connectivity index (χ1v) is 5.60. The van der Waals surface area contributed by atoms with Gasteiger partial charge in [-0.25, -0.2) is 0 Å². The number of hydrogen-bond acceptors (Lipinski definition) is 1. The highest BCUT2D eigenvalue weighted by molar-refractivity contribution is 5.19. The van der Waals surface area contributed by atoms with E-state index in [4.69, 9.17) is 5.73 Å². The summed E-state index contributed by atoms with van der Waals surface area (Å²) in [7, 11) is 0. The fourth-order valence-electron chi connectivity index (χ4n) is 1.96. The van der Waals surface area contributed by atoms with Crippen LogP contribution in [0.4, 0.5) is 0 Å². The van der Waals surface area contributed by atoms with E-state index in [1.807, 2.05) is 6.07 Å². The lowest BCUT2D eigenvalue weighted by molar-refractivity contribution is 0.386. The van der Waals surface area contributed by atoms with Gasteiger partial charge >= 0.3 is 0 Å². The molecule has 0 spiro atoms. The molecule has 0 aromatic heterocycles. The molecule has 2 N–H and O–H groups in total. The molecule has 14 heavy (non-hydrogen) atoms. The lowest BCUT2D eigenvalue weighted by Crippen LogP contribution is -2.20. The predicted molar refractivity (Wildman–Crippen MR) is 62.1 cm³/mol. The van der Waals surface area contributed by atoms with Crippen molar-refractivity contribution in [2.75, 3.05) is 0 Å². The van der Waals surface area contributed by atoms with E-state index in [9.17, 15) is 0 Å². The van der Waals surface area contributed by atoms with Crippen LogP contribution in [-0.4, -0.2) is 0 Å². The molecule has 0 radical (unpaired) electrons. The topological polar surface area (TPSA) is 26.0 Å². The molecule has 1 rings (SSSR count). The average Bonchev–Trinajstić information content (AvgIpc) is 2.26. The Bertz CT molecular complexity index is 243. The summed E-state index contributed by atoms with van der Waals surface area (Å²) >= 11 is 0. The summed E-state index contributed by atoms with van der Waals surface area (Å²) in [5.74, 6) is 0.627. The third-order valence-corrected chi connectivity index (χ3v) is 2.88. The maximum Gasteiger partial charge on any atom is 0.0323 e. The van der Waals surface area contributed by atoms with Crippen molar-refractivity contribution >= 4 is 0 Å². The largest absolute Gasteiger partial charge is 0.324 e. The van der Waals surface area contributed by atoms with Crippen molar-refractivity contribution < 1.29 is 0 Å². The minimum atomic E-state index is 0.209. The van der Waals surface area contributed by atoms with Crippen LogP contribution in [0.1, 0.15) is 44.7 Å². The monoisotopic (exact) mass is 191 g/mol. The molecule has 0 bridgehead atoms. The summed E-state index contributed by atoms with van der Waals surface area (Å²) in [4.78, 5) is 0. The smallest absolute Gasteiger partial charge is 0.0323 e. The average molecular weight is 191 g/mol. The van der Waals surface area contributed by atoms with E-state index in [1.54, 1.807) is 0 Å². The van der Waals surface area contributed by atoms with Crippen molar-refractivity contribution in [3.8, 4) is 0 Å². The first kappa shape index (κ1) is 11.3. The van der Waals surface area contributed by atoms with Crippen LogP contribution in [0.2, 0.25) is 0 Å². The van der Waals surface area contributed by atoms with E-state index in [2.05, 4.69) is 38.1 Å². The molecule has 1 unspecified atom stereocenters. The molecule has 1 aromatic rings. The van der Waals surface area contributed by atoms with Crippen molar-refractivity contribution in [3.63, 3.8) is 0 Å². The Kier molecular flexibility index (Phi) is 4.68. The van der Waals surface area contributed by atoms with Crippen molar-refractivity contribution in [1.29, 1.82) is 0 Å². The third-order valence-electron chi connectivity index (χ3n) is 2.88. The van der Waals surface area contributed by atoms with E-state index in [-0.39, 0.29) is 6.04 Å². The molecule has 0 heterocycles. The van der Waals surface area contributed by atoms with Crippen LogP contribution in [-0.2, 0) is 0 Å². The second-order valence-electron chi connectivity index (χ2n) is 3.89. The molecule has 0 saturated heterocycles. The molecule has 0 saturated carbocycles. The van der Waals surface area contributed by atoms with E-state index in [0.717, 1.165) is 0 Å². The molecule has 0 amide bonds. The Balaban J connectivity index is 2.67. The quantitative estimate of drug-likeness (QED) is 0.757. The van der Waals surface area contributed by atoms with Crippen LogP contribution in [0.5, 0.6) is 0 Å². The molecule has 0 fully saturated rings. The zero-order valence-corrected chi connectivity index (χ0v) is 9.24.